The number of anilines is 6. The highest BCUT2D eigenvalue weighted by Crippen LogP contribution is 2.26. The van der Waals surface area contributed by atoms with Crippen LogP contribution < -0.4 is 32.5 Å². The third-order valence-corrected chi connectivity index (χ3v) is 5.51. The molecular weight excluding hydrogens is 388 g/mol. The van der Waals surface area contributed by atoms with Gasteiger partial charge in [0.25, 0.3) is 0 Å². The molecule has 12 heteroatoms. The first-order valence-corrected chi connectivity index (χ1v) is 10.1. The lowest BCUT2D eigenvalue weighted by atomic mass is 10.0. The normalized spacial score (nSPS) is 18.6. The van der Waals surface area contributed by atoms with Gasteiger partial charge in [0.15, 0.2) is 5.82 Å². The summed E-state index contributed by atoms with van der Waals surface area (Å²) < 4.78 is 6.37. The van der Waals surface area contributed by atoms with Gasteiger partial charge in [-0.1, -0.05) is 0 Å². The number of rotatable bonds is 5. The van der Waals surface area contributed by atoms with Gasteiger partial charge in [-0.2, -0.15) is 19.9 Å². The Balaban J connectivity index is 1.26. The van der Waals surface area contributed by atoms with E-state index in [2.05, 4.69) is 29.7 Å². The van der Waals surface area contributed by atoms with Gasteiger partial charge in [-0.05, 0) is 25.7 Å². The van der Waals surface area contributed by atoms with Crippen molar-refractivity contribution in [1.29, 1.82) is 0 Å². The van der Waals surface area contributed by atoms with Crippen LogP contribution in [0.15, 0.2) is 12.1 Å². The minimum Gasteiger partial charge on any atom is -0.383 e. The molecule has 0 spiro atoms. The van der Waals surface area contributed by atoms with Gasteiger partial charge in [0.05, 0.1) is 12.2 Å². The minimum absolute atomic E-state index is 0.126. The molecule has 4 heterocycles. The lowest BCUT2D eigenvalue weighted by Gasteiger charge is -2.37. The van der Waals surface area contributed by atoms with Crippen molar-refractivity contribution in [2.75, 3.05) is 58.7 Å². The molecule has 162 valence electrons. The maximum Gasteiger partial charge on any atom is 0.224 e. The molecule has 2 aliphatic heterocycles. The van der Waals surface area contributed by atoms with Gasteiger partial charge in [-0.15, -0.1) is 0 Å². The predicted octanol–water partition coefficient (Wildman–Crippen LogP) is 0.469. The summed E-state index contributed by atoms with van der Waals surface area (Å²) in [6.07, 6.45) is 4.12. The summed E-state index contributed by atoms with van der Waals surface area (Å²) >= 11 is 0. The molecule has 2 aromatic heterocycles. The van der Waals surface area contributed by atoms with Crippen LogP contribution in [0.2, 0.25) is 0 Å². The number of nitrogens with two attached hydrogens (primary N) is 3. The topological polar surface area (TPSA) is 178 Å². The number of piperidine rings is 2. The first kappa shape index (κ1) is 20.2. The van der Waals surface area contributed by atoms with Crippen molar-refractivity contribution in [1.82, 2.24) is 19.9 Å². The van der Waals surface area contributed by atoms with Crippen LogP contribution in [0.1, 0.15) is 25.7 Å². The fraction of sp³-hybridized carbons (Fsp3) is 0.556. The van der Waals surface area contributed by atoms with Crippen LogP contribution >= 0.6 is 0 Å². The van der Waals surface area contributed by atoms with E-state index in [0.29, 0.717) is 11.6 Å². The van der Waals surface area contributed by atoms with E-state index in [1.807, 2.05) is 5.48 Å². The highest BCUT2D eigenvalue weighted by Gasteiger charge is 2.27. The van der Waals surface area contributed by atoms with Crippen LogP contribution in [0.25, 0.3) is 0 Å². The summed E-state index contributed by atoms with van der Waals surface area (Å²) in [6, 6.07) is 3.44. The monoisotopic (exact) mass is 416 g/mol. The molecule has 2 saturated heterocycles. The Kier molecular flexibility index (Phi) is 5.86. The van der Waals surface area contributed by atoms with E-state index in [9.17, 15) is 0 Å². The second-order valence-electron chi connectivity index (χ2n) is 7.60. The van der Waals surface area contributed by atoms with Gasteiger partial charge < -0.3 is 31.7 Å². The number of nitrogens with one attached hydrogen (secondary N) is 1. The second kappa shape index (κ2) is 8.71. The predicted molar refractivity (Wildman–Crippen MR) is 114 cm³/mol. The second-order valence-corrected chi connectivity index (χ2v) is 7.60. The van der Waals surface area contributed by atoms with Crippen LogP contribution in [-0.2, 0) is 4.74 Å². The Labute approximate surface area is 174 Å². The van der Waals surface area contributed by atoms with Gasteiger partial charge in [0.2, 0.25) is 11.9 Å². The van der Waals surface area contributed by atoms with E-state index in [1.165, 1.54) is 0 Å². The number of hydrogen-bond acceptors (Lipinski definition) is 12. The van der Waals surface area contributed by atoms with E-state index in [1.54, 1.807) is 12.1 Å². The summed E-state index contributed by atoms with van der Waals surface area (Å²) in [7, 11) is 0. The summed E-state index contributed by atoms with van der Waals surface area (Å²) in [5.74, 6) is 2.47. The molecule has 0 aromatic carbocycles. The van der Waals surface area contributed by atoms with Gasteiger partial charge in [0, 0.05) is 38.3 Å². The Morgan fingerprint density at radius 1 is 0.800 bits per heavy atom. The number of ether oxygens (including phenoxy) is 1. The summed E-state index contributed by atoms with van der Waals surface area (Å²) in [4.78, 5) is 20.7. The lowest BCUT2D eigenvalue weighted by Crippen LogP contribution is -2.42. The van der Waals surface area contributed by atoms with Crippen molar-refractivity contribution < 1.29 is 9.94 Å². The number of hydrogen-bond donors (Lipinski definition) is 5. The Bertz CT molecular complexity index is 846. The van der Waals surface area contributed by atoms with E-state index in [-0.39, 0.29) is 29.9 Å². The molecule has 8 N–H and O–H groups in total. The smallest absolute Gasteiger partial charge is 0.224 e. The molecule has 12 nitrogen and oxygen atoms in total. The number of nitrogen functional groups attached to an aromatic ring is 3. The maximum atomic E-state index is 9.07. The summed E-state index contributed by atoms with van der Waals surface area (Å²) in [5, 5.41) is 9.07. The van der Waals surface area contributed by atoms with Crippen molar-refractivity contribution in [3.8, 4) is 0 Å². The molecule has 30 heavy (non-hydrogen) atoms. The fourth-order valence-corrected chi connectivity index (χ4v) is 4.02. The van der Waals surface area contributed by atoms with Crippen LogP contribution in [0.4, 0.5) is 35.2 Å². The van der Waals surface area contributed by atoms with Crippen molar-refractivity contribution in [2.24, 2.45) is 0 Å². The van der Waals surface area contributed by atoms with Gasteiger partial charge in [-0.25, -0.2) is 0 Å². The van der Waals surface area contributed by atoms with Crippen molar-refractivity contribution in [3.05, 3.63) is 12.1 Å². The largest absolute Gasteiger partial charge is 0.383 e. The molecule has 0 radical (unpaired) electrons. The van der Waals surface area contributed by atoms with Gasteiger partial charge >= 0.3 is 0 Å². The molecular formula is C18H28N10O2. The van der Waals surface area contributed by atoms with Crippen molar-refractivity contribution >= 4 is 35.2 Å². The zero-order valence-corrected chi connectivity index (χ0v) is 16.7. The summed E-state index contributed by atoms with van der Waals surface area (Å²) in [6.45, 7) is 3.31. The number of aromatic nitrogens is 4. The molecule has 0 bridgehead atoms. The van der Waals surface area contributed by atoms with E-state index < -0.39 is 0 Å². The first-order chi connectivity index (χ1) is 14.5. The first-order valence-electron chi connectivity index (χ1n) is 10.1. The third-order valence-electron chi connectivity index (χ3n) is 5.51. The molecule has 0 unspecified atom stereocenters. The lowest BCUT2D eigenvalue weighted by molar-refractivity contribution is -0.0338. The zero-order chi connectivity index (χ0) is 21.1. The molecule has 0 atom stereocenters. The molecule has 4 rings (SSSR count). The van der Waals surface area contributed by atoms with Crippen molar-refractivity contribution in [3.63, 3.8) is 0 Å². The van der Waals surface area contributed by atoms with Crippen LogP contribution in [0, 0.1) is 0 Å². The minimum atomic E-state index is 0.126. The molecule has 0 amide bonds. The van der Waals surface area contributed by atoms with Crippen LogP contribution in [0.5, 0.6) is 0 Å². The third kappa shape index (κ3) is 4.71. The van der Waals surface area contributed by atoms with E-state index in [4.69, 9.17) is 27.1 Å². The average Bonchev–Trinajstić information content (AvgIpc) is 2.73. The molecule has 2 fully saturated rings. The zero-order valence-electron chi connectivity index (χ0n) is 16.7. The van der Waals surface area contributed by atoms with Crippen molar-refractivity contribution in [2.45, 2.75) is 37.9 Å². The van der Waals surface area contributed by atoms with Gasteiger partial charge in [0.1, 0.15) is 17.5 Å². The molecule has 2 aliphatic rings. The Morgan fingerprint density at radius 3 is 1.80 bits per heavy atom. The Morgan fingerprint density at radius 2 is 1.30 bits per heavy atom. The van der Waals surface area contributed by atoms with Gasteiger partial charge in [-0.3, -0.25) is 10.7 Å². The SMILES string of the molecule is Nc1cc(N2CCC(OC3CCN(c4cc(NO)nc(N)n4)CC3)CC2)nc(N)n1. The fourth-order valence-electron chi connectivity index (χ4n) is 4.02. The molecule has 2 aromatic rings. The van der Waals surface area contributed by atoms with E-state index in [0.717, 1.165) is 57.7 Å². The highest BCUT2D eigenvalue weighted by atomic mass is 16.5. The molecule has 0 saturated carbocycles. The maximum absolute atomic E-state index is 9.07. The highest BCUT2D eigenvalue weighted by molar-refractivity contribution is 5.52. The quantitative estimate of drug-likeness (QED) is 0.426. The average molecular weight is 416 g/mol. The summed E-state index contributed by atoms with van der Waals surface area (Å²) in [5.41, 5.74) is 19.2. The molecule has 0 aliphatic carbocycles. The standard InChI is InChI=1S/C18H28N10O2/c19-13-9-15(24-17(20)22-13)27-5-1-11(2-6-27)30-12-3-7-28(8-4-12)16-10-14(26-29)23-18(21)25-16/h9-12,29H,1-8H2,(H4,19,20,22,24)(H3,21,23,25,26). The van der Waals surface area contributed by atoms with Crippen LogP contribution in [0.3, 0.4) is 0 Å². The van der Waals surface area contributed by atoms with Crippen LogP contribution in [-0.4, -0.2) is 63.5 Å². The van der Waals surface area contributed by atoms with E-state index >= 15 is 0 Å². The Hall–Kier alpha value is -3.12. The number of nitrogens with zero attached hydrogens (tertiary/aromatic N) is 6.